The number of carbonyl (C=O) groups is 1. The number of hydrogen-bond donors (Lipinski definition) is 2. The van der Waals surface area contributed by atoms with Crippen LogP contribution in [0.3, 0.4) is 0 Å². The number of oxazole rings is 1. The Morgan fingerprint density at radius 1 is 1.29 bits per heavy atom. The summed E-state index contributed by atoms with van der Waals surface area (Å²) in [6.07, 6.45) is 3.94. The zero-order valence-electron chi connectivity index (χ0n) is 13.8. The summed E-state index contributed by atoms with van der Waals surface area (Å²) in [6, 6.07) is 8.00. The van der Waals surface area contributed by atoms with Crippen LogP contribution in [0.1, 0.15) is 23.5 Å². The first-order valence-electron chi connectivity index (χ1n) is 8.51. The van der Waals surface area contributed by atoms with E-state index in [9.17, 15) is 4.79 Å². The third kappa shape index (κ3) is 2.78. The molecule has 6 heteroatoms. The number of hydrogen-bond acceptors (Lipinski definition) is 5. The summed E-state index contributed by atoms with van der Waals surface area (Å²) >= 11 is 0. The standard InChI is InChI=1S/C18H22N4O2/c1-19-14-5-3-2-4-13(14)16-10-20-18(24-16)17(23)21-15-11-22-8-6-12(15)7-9-22/h2-5,10,12,15,19H,6-9,11H2,1H3,(H,21,23). The number of nitrogens with one attached hydrogen (secondary N) is 2. The molecule has 6 nitrogen and oxygen atoms in total. The predicted molar refractivity (Wildman–Crippen MR) is 91.9 cm³/mol. The van der Waals surface area contributed by atoms with Crippen LogP contribution >= 0.6 is 0 Å². The first-order chi connectivity index (χ1) is 11.7. The number of amides is 1. The maximum absolute atomic E-state index is 12.5. The molecule has 2 bridgehead atoms. The third-order valence-electron chi connectivity index (χ3n) is 5.13. The number of para-hydroxylation sites is 1. The molecule has 3 saturated heterocycles. The molecule has 1 aromatic carbocycles. The number of benzene rings is 1. The fraction of sp³-hybridized carbons (Fsp3) is 0.444. The van der Waals surface area contributed by atoms with Crippen LogP contribution in [0, 0.1) is 5.92 Å². The second-order valence-corrected chi connectivity index (χ2v) is 6.54. The summed E-state index contributed by atoms with van der Waals surface area (Å²) in [5.41, 5.74) is 1.84. The van der Waals surface area contributed by atoms with E-state index >= 15 is 0 Å². The van der Waals surface area contributed by atoms with E-state index in [1.807, 2.05) is 31.3 Å². The van der Waals surface area contributed by atoms with Gasteiger partial charge in [-0.3, -0.25) is 4.79 Å². The molecular formula is C18H22N4O2. The molecule has 3 aliphatic heterocycles. The first-order valence-corrected chi connectivity index (χ1v) is 8.51. The third-order valence-corrected chi connectivity index (χ3v) is 5.13. The van der Waals surface area contributed by atoms with Crippen molar-refractivity contribution in [2.45, 2.75) is 18.9 Å². The Morgan fingerprint density at radius 2 is 2.08 bits per heavy atom. The molecule has 2 aromatic rings. The van der Waals surface area contributed by atoms with E-state index in [0.717, 1.165) is 43.7 Å². The molecule has 0 spiro atoms. The van der Waals surface area contributed by atoms with Crippen molar-refractivity contribution in [1.82, 2.24) is 15.2 Å². The van der Waals surface area contributed by atoms with Gasteiger partial charge < -0.3 is 20.0 Å². The topological polar surface area (TPSA) is 70.4 Å². The number of fused-ring (bicyclic) bond motifs is 3. The van der Waals surface area contributed by atoms with E-state index in [1.165, 1.54) is 0 Å². The maximum atomic E-state index is 12.5. The SMILES string of the molecule is CNc1ccccc1-c1cnc(C(=O)NC2CN3CCC2CC3)o1. The smallest absolute Gasteiger partial charge is 0.307 e. The Bertz CT molecular complexity index is 734. The van der Waals surface area contributed by atoms with Crippen molar-refractivity contribution in [2.24, 2.45) is 5.92 Å². The molecule has 2 N–H and O–H groups in total. The van der Waals surface area contributed by atoms with E-state index in [1.54, 1.807) is 6.20 Å². The molecule has 0 saturated carbocycles. The van der Waals surface area contributed by atoms with Gasteiger partial charge in [0, 0.05) is 30.9 Å². The van der Waals surface area contributed by atoms with Gasteiger partial charge in [-0.15, -0.1) is 0 Å². The normalized spacial score (nSPS) is 25.5. The van der Waals surface area contributed by atoms with Gasteiger partial charge in [-0.1, -0.05) is 12.1 Å². The molecule has 3 aliphatic rings. The molecule has 0 radical (unpaired) electrons. The van der Waals surface area contributed by atoms with E-state index in [2.05, 4.69) is 20.5 Å². The Morgan fingerprint density at radius 3 is 2.79 bits per heavy atom. The van der Waals surface area contributed by atoms with E-state index in [-0.39, 0.29) is 17.8 Å². The quantitative estimate of drug-likeness (QED) is 0.901. The van der Waals surface area contributed by atoms with E-state index in [0.29, 0.717) is 11.7 Å². The van der Waals surface area contributed by atoms with Gasteiger partial charge >= 0.3 is 5.91 Å². The highest BCUT2D eigenvalue weighted by Gasteiger charge is 2.35. The summed E-state index contributed by atoms with van der Waals surface area (Å²) in [7, 11) is 1.86. The van der Waals surface area contributed by atoms with Gasteiger partial charge in [0.1, 0.15) is 0 Å². The Balaban J connectivity index is 1.49. The molecule has 1 unspecified atom stereocenters. The number of carbonyl (C=O) groups excluding carboxylic acids is 1. The summed E-state index contributed by atoms with van der Waals surface area (Å²) in [5.74, 6) is 1.09. The largest absolute Gasteiger partial charge is 0.432 e. The molecule has 1 amide bonds. The highest BCUT2D eigenvalue weighted by atomic mass is 16.4. The van der Waals surface area contributed by atoms with Crippen molar-refractivity contribution < 1.29 is 9.21 Å². The van der Waals surface area contributed by atoms with Gasteiger partial charge in [0.25, 0.3) is 5.89 Å². The van der Waals surface area contributed by atoms with Crippen molar-refractivity contribution in [3.63, 3.8) is 0 Å². The average Bonchev–Trinajstić information content (AvgIpc) is 3.13. The molecule has 126 valence electrons. The lowest BCUT2D eigenvalue weighted by atomic mass is 9.84. The van der Waals surface area contributed by atoms with E-state index in [4.69, 9.17) is 4.42 Å². The Hall–Kier alpha value is -2.34. The molecular weight excluding hydrogens is 304 g/mol. The zero-order chi connectivity index (χ0) is 16.5. The number of nitrogens with zero attached hydrogens (tertiary/aromatic N) is 2. The van der Waals surface area contributed by atoms with Gasteiger partial charge in [0.2, 0.25) is 0 Å². The molecule has 1 aromatic heterocycles. The number of anilines is 1. The molecule has 3 fully saturated rings. The Labute approximate surface area is 141 Å². The lowest BCUT2D eigenvalue weighted by Crippen LogP contribution is -2.57. The van der Waals surface area contributed by atoms with Crippen LogP contribution < -0.4 is 10.6 Å². The van der Waals surface area contributed by atoms with Gasteiger partial charge in [-0.25, -0.2) is 4.98 Å². The minimum Gasteiger partial charge on any atom is -0.432 e. The van der Waals surface area contributed by atoms with Crippen molar-refractivity contribution in [2.75, 3.05) is 32.0 Å². The first kappa shape index (κ1) is 15.2. The Kier molecular flexibility index (Phi) is 3.98. The zero-order valence-corrected chi connectivity index (χ0v) is 13.8. The molecule has 4 heterocycles. The van der Waals surface area contributed by atoms with Gasteiger partial charge in [0.05, 0.1) is 6.20 Å². The van der Waals surface area contributed by atoms with Crippen LogP contribution in [0.2, 0.25) is 0 Å². The molecule has 5 rings (SSSR count). The van der Waals surface area contributed by atoms with Crippen LogP contribution in [-0.2, 0) is 0 Å². The molecule has 0 aliphatic carbocycles. The maximum Gasteiger partial charge on any atom is 0.307 e. The number of rotatable bonds is 4. The number of aromatic nitrogens is 1. The summed E-state index contributed by atoms with van der Waals surface area (Å²) in [6.45, 7) is 3.24. The molecule has 24 heavy (non-hydrogen) atoms. The predicted octanol–water partition coefficient (Wildman–Crippen LogP) is 2.21. The van der Waals surface area contributed by atoms with Crippen LogP contribution in [0.5, 0.6) is 0 Å². The van der Waals surface area contributed by atoms with Crippen molar-refractivity contribution >= 4 is 11.6 Å². The van der Waals surface area contributed by atoms with Gasteiger partial charge in [-0.2, -0.15) is 0 Å². The van der Waals surface area contributed by atoms with Crippen LogP contribution in [0.15, 0.2) is 34.9 Å². The minimum atomic E-state index is -0.220. The van der Waals surface area contributed by atoms with Crippen LogP contribution in [-0.4, -0.2) is 48.5 Å². The fourth-order valence-electron chi connectivity index (χ4n) is 3.78. The van der Waals surface area contributed by atoms with Crippen molar-refractivity contribution in [1.29, 1.82) is 0 Å². The van der Waals surface area contributed by atoms with Gasteiger partial charge in [-0.05, 0) is 44.0 Å². The average molecular weight is 326 g/mol. The fourth-order valence-corrected chi connectivity index (χ4v) is 3.78. The van der Waals surface area contributed by atoms with Crippen LogP contribution in [0.4, 0.5) is 5.69 Å². The van der Waals surface area contributed by atoms with Crippen LogP contribution in [0.25, 0.3) is 11.3 Å². The lowest BCUT2D eigenvalue weighted by molar-refractivity contribution is 0.0602. The second-order valence-electron chi connectivity index (χ2n) is 6.54. The highest BCUT2D eigenvalue weighted by molar-refractivity contribution is 5.90. The van der Waals surface area contributed by atoms with E-state index < -0.39 is 0 Å². The lowest BCUT2D eigenvalue weighted by Gasteiger charge is -2.44. The van der Waals surface area contributed by atoms with Gasteiger partial charge in [0.15, 0.2) is 5.76 Å². The summed E-state index contributed by atoms with van der Waals surface area (Å²) in [4.78, 5) is 19.1. The minimum absolute atomic E-state index is 0.132. The van der Waals surface area contributed by atoms with Crippen molar-refractivity contribution in [3.8, 4) is 11.3 Å². The monoisotopic (exact) mass is 326 g/mol. The number of piperidine rings is 3. The van der Waals surface area contributed by atoms with Crippen molar-refractivity contribution in [3.05, 3.63) is 36.4 Å². The summed E-state index contributed by atoms with van der Waals surface area (Å²) in [5, 5.41) is 6.23. The molecule has 1 atom stereocenters. The second kappa shape index (κ2) is 6.28. The highest BCUT2D eigenvalue weighted by Crippen LogP contribution is 2.29. The summed E-state index contributed by atoms with van der Waals surface area (Å²) < 4.78 is 5.72.